The van der Waals surface area contributed by atoms with Crippen molar-refractivity contribution in [2.75, 3.05) is 43.1 Å². The third kappa shape index (κ3) is 5.30. The van der Waals surface area contributed by atoms with Crippen molar-refractivity contribution in [3.8, 4) is 10.6 Å². The summed E-state index contributed by atoms with van der Waals surface area (Å²) >= 11 is 1.14. The van der Waals surface area contributed by atoms with E-state index in [9.17, 15) is 14.0 Å². The van der Waals surface area contributed by atoms with Crippen LogP contribution in [0.2, 0.25) is 0 Å². The molecular formula is C23H22FN3O4S. The molecule has 9 heteroatoms. The first-order valence-electron chi connectivity index (χ1n) is 10.1. The van der Waals surface area contributed by atoms with Crippen molar-refractivity contribution < 1.29 is 23.5 Å². The number of nitrogens with zero attached hydrogens (tertiary/aromatic N) is 2. The summed E-state index contributed by atoms with van der Waals surface area (Å²) in [5.74, 6) is -1.40. The van der Waals surface area contributed by atoms with E-state index in [0.717, 1.165) is 30.1 Å². The normalized spacial score (nSPS) is 13.6. The van der Waals surface area contributed by atoms with Gasteiger partial charge >= 0.3 is 5.97 Å². The topological polar surface area (TPSA) is 80.8 Å². The molecule has 3 aromatic rings. The number of thiazole rings is 1. The van der Waals surface area contributed by atoms with E-state index in [0.29, 0.717) is 40.0 Å². The molecule has 0 atom stereocenters. The van der Waals surface area contributed by atoms with Crippen LogP contribution in [0.15, 0.2) is 48.5 Å². The van der Waals surface area contributed by atoms with Gasteiger partial charge in [0, 0.05) is 30.0 Å². The summed E-state index contributed by atoms with van der Waals surface area (Å²) in [6.45, 7) is 4.36. The van der Waals surface area contributed by atoms with Crippen molar-refractivity contribution in [2.45, 2.75) is 6.92 Å². The fourth-order valence-electron chi connectivity index (χ4n) is 3.27. The maximum atomic E-state index is 13.1. The Balaban J connectivity index is 1.31. The number of carbonyl (C=O) groups excluding carboxylic acids is 2. The van der Waals surface area contributed by atoms with E-state index < -0.39 is 18.5 Å². The van der Waals surface area contributed by atoms with E-state index in [-0.39, 0.29) is 5.82 Å². The number of esters is 1. The number of aryl methyl sites for hydroxylation is 1. The summed E-state index contributed by atoms with van der Waals surface area (Å²) in [7, 11) is 0. The van der Waals surface area contributed by atoms with Crippen LogP contribution in [0.4, 0.5) is 15.8 Å². The van der Waals surface area contributed by atoms with Crippen LogP contribution in [0.1, 0.15) is 15.4 Å². The average molecular weight is 456 g/mol. The number of anilines is 2. The molecule has 1 fully saturated rings. The largest absolute Gasteiger partial charge is 0.451 e. The Hall–Kier alpha value is -3.30. The van der Waals surface area contributed by atoms with Gasteiger partial charge in [-0.15, -0.1) is 11.3 Å². The van der Waals surface area contributed by atoms with E-state index >= 15 is 0 Å². The number of carbonyl (C=O) groups is 2. The van der Waals surface area contributed by atoms with Gasteiger partial charge in [0.2, 0.25) is 0 Å². The van der Waals surface area contributed by atoms with E-state index in [4.69, 9.17) is 9.47 Å². The molecule has 0 spiro atoms. The standard InChI is InChI=1S/C23H22FN3O4S/c1-15-21(32-22(25-15)16-2-4-17(24)5-3-16)23(29)31-14-20(28)26-18-6-8-19(9-7-18)27-10-12-30-13-11-27/h2-9H,10-14H2,1H3,(H,26,28). The van der Waals surface area contributed by atoms with Gasteiger partial charge in [-0.25, -0.2) is 14.2 Å². The summed E-state index contributed by atoms with van der Waals surface area (Å²) in [4.78, 5) is 31.5. The van der Waals surface area contributed by atoms with Gasteiger partial charge in [0.15, 0.2) is 6.61 Å². The first-order valence-corrected chi connectivity index (χ1v) is 10.9. The van der Waals surface area contributed by atoms with Crippen LogP contribution >= 0.6 is 11.3 Å². The Labute approximate surface area is 188 Å². The third-order valence-corrected chi connectivity index (χ3v) is 6.12. The molecule has 166 valence electrons. The molecule has 2 aromatic carbocycles. The third-order valence-electron chi connectivity index (χ3n) is 4.93. The second-order valence-electron chi connectivity index (χ2n) is 7.21. The monoisotopic (exact) mass is 455 g/mol. The maximum Gasteiger partial charge on any atom is 0.350 e. The van der Waals surface area contributed by atoms with Gasteiger partial charge in [-0.05, 0) is 55.5 Å². The van der Waals surface area contributed by atoms with Crippen molar-refractivity contribution in [3.63, 3.8) is 0 Å². The number of ether oxygens (including phenoxy) is 2. The summed E-state index contributed by atoms with van der Waals surface area (Å²) < 4.78 is 23.6. The van der Waals surface area contributed by atoms with Crippen molar-refractivity contribution in [3.05, 3.63) is 64.9 Å². The number of rotatable bonds is 6. The lowest BCUT2D eigenvalue weighted by molar-refractivity contribution is -0.119. The molecule has 2 heterocycles. The summed E-state index contributed by atoms with van der Waals surface area (Å²) in [6, 6.07) is 13.4. The second-order valence-corrected chi connectivity index (χ2v) is 8.21. The van der Waals surface area contributed by atoms with Gasteiger partial charge in [0.1, 0.15) is 15.7 Å². The zero-order valence-corrected chi connectivity index (χ0v) is 18.3. The number of morpholine rings is 1. The fraction of sp³-hybridized carbons (Fsp3) is 0.261. The van der Waals surface area contributed by atoms with Crippen LogP contribution in [-0.2, 0) is 14.3 Å². The lowest BCUT2D eigenvalue weighted by Gasteiger charge is -2.28. The SMILES string of the molecule is Cc1nc(-c2ccc(F)cc2)sc1C(=O)OCC(=O)Nc1ccc(N2CCOCC2)cc1. The van der Waals surface area contributed by atoms with Gasteiger partial charge in [-0.1, -0.05) is 0 Å². The molecule has 1 aliphatic heterocycles. The lowest BCUT2D eigenvalue weighted by atomic mass is 10.2. The Morgan fingerprint density at radius 3 is 2.50 bits per heavy atom. The van der Waals surface area contributed by atoms with Gasteiger partial charge in [0.05, 0.1) is 18.9 Å². The lowest BCUT2D eigenvalue weighted by Crippen LogP contribution is -2.36. The zero-order valence-electron chi connectivity index (χ0n) is 17.5. The van der Waals surface area contributed by atoms with Crippen LogP contribution in [0.5, 0.6) is 0 Å². The van der Waals surface area contributed by atoms with Gasteiger partial charge in [0.25, 0.3) is 5.91 Å². The molecule has 1 aromatic heterocycles. The minimum absolute atomic E-state index is 0.312. The van der Waals surface area contributed by atoms with Gasteiger partial charge in [-0.2, -0.15) is 0 Å². The molecule has 7 nitrogen and oxygen atoms in total. The van der Waals surface area contributed by atoms with Crippen LogP contribution in [0, 0.1) is 12.7 Å². The number of halogens is 1. The zero-order chi connectivity index (χ0) is 22.5. The van der Waals surface area contributed by atoms with E-state index in [1.807, 2.05) is 24.3 Å². The Bertz CT molecular complexity index is 1090. The molecule has 1 amide bonds. The average Bonchev–Trinajstić information content (AvgIpc) is 3.20. The summed E-state index contributed by atoms with van der Waals surface area (Å²) in [6.07, 6.45) is 0. The van der Waals surface area contributed by atoms with Crippen molar-refractivity contribution in [1.29, 1.82) is 0 Å². The molecule has 4 rings (SSSR count). The molecule has 0 unspecified atom stereocenters. The molecular weight excluding hydrogens is 433 g/mol. The highest BCUT2D eigenvalue weighted by Crippen LogP contribution is 2.28. The highest BCUT2D eigenvalue weighted by Gasteiger charge is 2.19. The number of amides is 1. The summed E-state index contributed by atoms with van der Waals surface area (Å²) in [5, 5.41) is 3.31. The first kappa shape index (κ1) is 21.9. The first-order chi connectivity index (χ1) is 15.5. The van der Waals surface area contributed by atoms with E-state index in [1.165, 1.54) is 12.1 Å². The highest BCUT2D eigenvalue weighted by atomic mass is 32.1. The predicted octanol–water partition coefficient (Wildman–Crippen LogP) is 3.89. The van der Waals surface area contributed by atoms with Crippen LogP contribution in [-0.4, -0.2) is 49.8 Å². The Morgan fingerprint density at radius 2 is 1.81 bits per heavy atom. The van der Waals surface area contributed by atoms with Gasteiger partial charge in [-0.3, -0.25) is 4.79 Å². The number of nitrogens with one attached hydrogen (secondary N) is 1. The molecule has 1 saturated heterocycles. The molecule has 0 aliphatic carbocycles. The van der Waals surface area contributed by atoms with Crippen molar-refractivity contribution in [2.24, 2.45) is 0 Å². The minimum atomic E-state index is -0.619. The summed E-state index contributed by atoms with van der Waals surface area (Å²) in [5.41, 5.74) is 2.89. The predicted molar refractivity (Wildman–Crippen MR) is 121 cm³/mol. The number of hydrogen-bond donors (Lipinski definition) is 1. The molecule has 0 bridgehead atoms. The fourth-order valence-corrected chi connectivity index (χ4v) is 4.24. The Kier molecular flexibility index (Phi) is 6.77. The molecule has 0 radical (unpaired) electrons. The molecule has 32 heavy (non-hydrogen) atoms. The molecule has 1 aliphatic rings. The van der Waals surface area contributed by atoms with Crippen LogP contribution in [0.3, 0.4) is 0 Å². The van der Waals surface area contributed by atoms with Crippen molar-refractivity contribution in [1.82, 2.24) is 4.98 Å². The number of hydrogen-bond acceptors (Lipinski definition) is 7. The minimum Gasteiger partial charge on any atom is -0.451 e. The van der Waals surface area contributed by atoms with Crippen molar-refractivity contribution >= 4 is 34.6 Å². The van der Waals surface area contributed by atoms with E-state index in [2.05, 4.69) is 15.2 Å². The number of benzene rings is 2. The van der Waals surface area contributed by atoms with Gasteiger partial charge < -0.3 is 19.7 Å². The highest BCUT2D eigenvalue weighted by molar-refractivity contribution is 7.17. The van der Waals surface area contributed by atoms with Crippen LogP contribution in [0.25, 0.3) is 10.6 Å². The van der Waals surface area contributed by atoms with Crippen LogP contribution < -0.4 is 10.2 Å². The second kappa shape index (κ2) is 9.88. The molecule has 0 saturated carbocycles. The quantitative estimate of drug-likeness (QED) is 0.568. The number of aromatic nitrogens is 1. The smallest absolute Gasteiger partial charge is 0.350 e. The Morgan fingerprint density at radius 1 is 1.12 bits per heavy atom. The molecule has 1 N–H and O–H groups in total. The van der Waals surface area contributed by atoms with E-state index in [1.54, 1.807) is 19.1 Å². The maximum absolute atomic E-state index is 13.1.